The SMILES string of the molecule is CC/C=C/[C@H](c1ccccc1)[C@@H](O)/C=C/c1ccccc1. The van der Waals surface area contributed by atoms with Crippen molar-refractivity contribution in [3.05, 3.63) is 90.0 Å². The number of hydrogen-bond acceptors (Lipinski definition) is 1. The quantitative estimate of drug-likeness (QED) is 0.752. The van der Waals surface area contributed by atoms with Gasteiger partial charge in [0.05, 0.1) is 6.10 Å². The van der Waals surface area contributed by atoms with Gasteiger partial charge in [0.25, 0.3) is 0 Å². The number of hydrogen-bond donors (Lipinski definition) is 1. The second kappa shape index (κ2) is 8.23. The first-order valence-corrected chi connectivity index (χ1v) is 7.44. The fraction of sp³-hybridized carbons (Fsp3) is 0.200. The molecule has 2 atom stereocenters. The van der Waals surface area contributed by atoms with Crippen LogP contribution in [0.3, 0.4) is 0 Å². The van der Waals surface area contributed by atoms with E-state index in [1.807, 2.05) is 60.7 Å². The van der Waals surface area contributed by atoms with Crippen molar-refractivity contribution < 1.29 is 5.11 Å². The Labute approximate surface area is 127 Å². The summed E-state index contributed by atoms with van der Waals surface area (Å²) in [4.78, 5) is 0. The molecule has 0 amide bonds. The van der Waals surface area contributed by atoms with Gasteiger partial charge in [-0.1, -0.05) is 91.9 Å². The topological polar surface area (TPSA) is 20.2 Å². The standard InChI is InChI=1S/C20H22O/c1-2-3-14-19(18-12-8-5-9-13-18)20(21)16-15-17-10-6-4-7-11-17/h3-16,19-21H,2H2,1H3/b14-3+,16-15+/t19-,20+/m1/s1. The van der Waals surface area contributed by atoms with Crippen molar-refractivity contribution in [2.75, 3.05) is 0 Å². The summed E-state index contributed by atoms with van der Waals surface area (Å²) in [5, 5.41) is 10.5. The van der Waals surface area contributed by atoms with Gasteiger partial charge < -0.3 is 5.11 Å². The summed E-state index contributed by atoms with van der Waals surface area (Å²) in [7, 11) is 0. The lowest BCUT2D eigenvalue weighted by Gasteiger charge is -2.17. The minimum Gasteiger partial charge on any atom is -0.388 e. The summed E-state index contributed by atoms with van der Waals surface area (Å²) in [5.74, 6) is -0.00823. The van der Waals surface area contributed by atoms with E-state index in [1.165, 1.54) is 0 Å². The van der Waals surface area contributed by atoms with E-state index in [1.54, 1.807) is 0 Å². The molecular formula is C20H22O. The van der Waals surface area contributed by atoms with Crippen molar-refractivity contribution in [3.63, 3.8) is 0 Å². The highest BCUT2D eigenvalue weighted by Crippen LogP contribution is 2.23. The minimum atomic E-state index is -0.532. The predicted molar refractivity (Wildman–Crippen MR) is 90.1 cm³/mol. The number of benzene rings is 2. The summed E-state index contributed by atoms with van der Waals surface area (Å²) in [6.07, 6.45) is 8.48. The molecule has 1 heteroatoms. The fourth-order valence-corrected chi connectivity index (χ4v) is 2.27. The normalized spacial score (nSPS) is 14.6. The summed E-state index contributed by atoms with van der Waals surface area (Å²) in [5.41, 5.74) is 2.23. The van der Waals surface area contributed by atoms with Crippen LogP contribution in [-0.2, 0) is 0 Å². The molecule has 1 nitrogen and oxygen atoms in total. The van der Waals surface area contributed by atoms with E-state index in [4.69, 9.17) is 0 Å². The van der Waals surface area contributed by atoms with Gasteiger partial charge in [0.15, 0.2) is 0 Å². The lowest BCUT2D eigenvalue weighted by atomic mass is 9.92. The smallest absolute Gasteiger partial charge is 0.0827 e. The van der Waals surface area contributed by atoms with E-state index in [-0.39, 0.29) is 5.92 Å². The first-order chi connectivity index (χ1) is 10.3. The second-order valence-electron chi connectivity index (χ2n) is 5.03. The van der Waals surface area contributed by atoms with Gasteiger partial charge in [0.2, 0.25) is 0 Å². The van der Waals surface area contributed by atoms with Crippen molar-refractivity contribution in [1.82, 2.24) is 0 Å². The number of rotatable bonds is 6. The first kappa shape index (κ1) is 15.3. The van der Waals surface area contributed by atoms with Crippen LogP contribution in [0.2, 0.25) is 0 Å². The largest absolute Gasteiger partial charge is 0.388 e. The highest BCUT2D eigenvalue weighted by Gasteiger charge is 2.15. The molecule has 2 aromatic rings. The summed E-state index contributed by atoms with van der Waals surface area (Å²) < 4.78 is 0. The third-order valence-electron chi connectivity index (χ3n) is 3.42. The maximum absolute atomic E-state index is 10.5. The molecule has 0 aromatic heterocycles. The average Bonchev–Trinajstić information content (AvgIpc) is 2.55. The Bertz CT molecular complexity index is 569. The van der Waals surface area contributed by atoms with Crippen LogP contribution in [-0.4, -0.2) is 11.2 Å². The van der Waals surface area contributed by atoms with Gasteiger partial charge in [-0.2, -0.15) is 0 Å². The Morgan fingerprint density at radius 3 is 2.14 bits per heavy atom. The van der Waals surface area contributed by atoms with Crippen LogP contribution in [0.4, 0.5) is 0 Å². The molecule has 0 unspecified atom stereocenters. The van der Waals surface area contributed by atoms with E-state index in [2.05, 4.69) is 31.2 Å². The molecule has 108 valence electrons. The second-order valence-corrected chi connectivity index (χ2v) is 5.03. The molecule has 0 heterocycles. The highest BCUT2D eigenvalue weighted by atomic mass is 16.3. The molecule has 21 heavy (non-hydrogen) atoms. The van der Waals surface area contributed by atoms with Crippen molar-refractivity contribution in [2.45, 2.75) is 25.4 Å². The van der Waals surface area contributed by atoms with Crippen molar-refractivity contribution >= 4 is 6.08 Å². The van der Waals surface area contributed by atoms with Gasteiger partial charge >= 0.3 is 0 Å². The van der Waals surface area contributed by atoms with Gasteiger partial charge in [-0.15, -0.1) is 0 Å². The Kier molecular flexibility index (Phi) is 5.99. The van der Waals surface area contributed by atoms with Gasteiger partial charge in [0, 0.05) is 5.92 Å². The molecule has 2 aromatic carbocycles. The van der Waals surface area contributed by atoms with Crippen molar-refractivity contribution in [2.24, 2.45) is 0 Å². The van der Waals surface area contributed by atoms with Gasteiger partial charge in [-0.3, -0.25) is 0 Å². The molecule has 0 spiro atoms. The van der Waals surface area contributed by atoms with Crippen LogP contribution in [0.15, 0.2) is 78.9 Å². The number of aliphatic hydroxyl groups excluding tert-OH is 1. The van der Waals surface area contributed by atoms with Crippen LogP contribution < -0.4 is 0 Å². The van der Waals surface area contributed by atoms with E-state index in [0.29, 0.717) is 0 Å². The van der Waals surface area contributed by atoms with Gasteiger partial charge in [-0.25, -0.2) is 0 Å². The summed E-state index contributed by atoms with van der Waals surface area (Å²) in [6, 6.07) is 20.2. The van der Waals surface area contributed by atoms with E-state index in [9.17, 15) is 5.11 Å². The Balaban J connectivity index is 2.17. The molecule has 0 aliphatic carbocycles. The molecule has 0 radical (unpaired) electrons. The van der Waals surface area contributed by atoms with Gasteiger partial charge in [-0.05, 0) is 17.5 Å². The first-order valence-electron chi connectivity index (χ1n) is 7.44. The Hall–Kier alpha value is -2.12. The number of aliphatic hydroxyl groups is 1. The predicted octanol–water partition coefficient (Wildman–Crippen LogP) is 4.81. The average molecular weight is 278 g/mol. The van der Waals surface area contributed by atoms with E-state index in [0.717, 1.165) is 17.5 Å². The zero-order chi connectivity index (χ0) is 14.9. The van der Waals surface area contributed by atoms with E-state index < -0.39 is 6.10 Å². The third-order valence-corrected chi connectivity index (χ3v) is 3.42. The fourth-order valence-electron chi connectivity index (χ4n) is 2.27. The molecule has 0 saturated heterocycles. The molecule has 0 aliphatic heterocycles. The highest BCUT2D eigenvalue weighted by molar-refractivity contribution is 5.50. The van der Waals surface area contributed by atoms with Gasteiger partial charge in [0.1, 0.15) is 0 Å². The number of allylic oxidation sites excluding steroid dienone is 1. The summed E-state index contributed by atoms with van der Waals surface area (Å²) in [6.45, 7) is 2.10. The zero-order valence-corrected chi connectivity index (χ0v) is 12.4. The Morgan fingerprint density at radius 1 is 0.905 bits per heavy atom. The van der Waals surface area contributed by atoms with Crippen LogP contribution in [0.1, 0.15) is 30.4 Å². The molecule has 0 saturated carbocycles. The minimum absolute atomic E-state index is 0.00823. The van der Waals surface area contributed by atoms with E-state index >= 15 is 0 Å². The van der Waals surface area contributed by atoms with Crippen molar-refractivity contribution in [1.29, 1.82) is 0 Å². The molecule has 1 N–H and O–H groups in total. The molecule has 0 aliphatic rings. The van der Waals surface area contributed by atoms with Crippen molar-refractivity contribution in [3.8, 4) is 0 Å². The Morgan fingerprint density at radius 2 is 1.52 bits per heavy atom. The van der Waals surface area contributed by atoms with Crippen LogP contribution in [0.5, 0.6) is 0 Å². The zero-order valence-electron chi connectivity index (χ0n) is 12.4. The lowest BCUT2D eigenvalue weighted by molar-refractivity contribution is 0.208. The van der Waals surface area contributed by atoms with Crippen LogP contribution in [0, 0.1) is 0 Å². The maximum Gasteiger partial charge on any atom is 0.0827 e. The third kappa shape index (κ3) is 4.73. The summed E-state index contributed by atoms with van der Waals surface area (Å²) >= 11 is 0. The van der Waals surface area contributed by atoms with Crippen LogP contribution in [0.25, 0.3) is 6.08 Å². The van der Waals surface area contributed by atoms with Crippen LogP contribution >= 0.6 is 0 Å². The monoisotopic (exact) mass is 278 g/mol. The maximum atomic E-state index is 10.5. The lowest BCUT2D eigenvalue weighted by Crippen LogP contribution is -2.14. The molecule has 0 fully saturated rings. The molecular weight excluding hydrogens is 256 g/mol. The molecule has 2 rings (SSSR count). The molecule has 0 bridgehead atoms.